The number of para-hydroxylation sites is 1. The van der Waals surface area contributed by atoms with E-state index in [1.165, 1.54) is 0 Å². The summed E-state index contributed by atoms with van der Waals surface area (Å²) < 4.78 is 0. The van der Waals surface area contributed by atoms with Gasteiger partial charge in [0.1, 0.15) is 0 Å². The van der Waals surface area contributed by atoms with Gasteiger partial charge in [-0.25, -0.2) is 0 Å². The molecule has 0 aliphatic carbocycles. The number of hydrogen-bond acceptors (Lipinski definition) is 1. The topological polar surface area (TPSA) is 32.9 Å². The van der Waals surface area contributed by atoms with Crippen molar-refractivity contribution in [1.82, 2.24) is 4.98 Å². The van der Waals surface area contributed by atoms with Crippen molar-refractivity contribution in [3.8, 4) is 11.3 Å². The van der Waals surface area contributed by atoms with E-state index in [1.54, 1.807) is 6.07 Å². The third-order valence-electron chi connectivity index (χ3n) is 2.82. The van der Waals surface area contributed by atoms with Crippen molar-refractivity contribution < 1.29 is 19.5 Å². The molecule has 0 fully saturated rings. The van der Waals surface area contributed by atoms with Crippen molar-refractivity contribution in [2.24, 2.45) is 0 Å². The first kappa shape index (κ1) is 12.7. The molecule has 0 spiro atoms. The number of benzene rings is 2. The second kappa shape index (κ2) is 5.28. The van der Waals surface area contributed by atoms with Crippen LogP contribution in [0.3, 0.4) is 0 Å². The van der Waals surface area contributed by atoms with Gasteiger partial charge < -0.3 is 4.98 Å². The van der Waals surface area contributed by atoms with Crippen LogP contribution in [0.5, 0.6) is 0 Å². The van der Waals surface area contributed by atoms with Crippen LogP contribution in [0.1, 0.15) is 0 Å². The standard InChI is InChI=1S/C15H11NO.Ru/c17-15-10-14(11-6-2-1-3-7-11)16-13-9-5-4-8-12(13)15;/h1-10H,(H,16,17);. The van der Waals surface area contributed by atoms with Crippen LogP contribution in [-0.4, -0.2) is 4.98 Å². The average molecular weight is 322 g/mol. The number of nitrogens with one attached hydrogen (secondary N) is 1. The van der Waals surface area contributed by atoms with E-state index in [2.05, 4.69) is 4.98 Å². The molecule has 3 aromatic rings. The molecule has 1 aromatic heterocycles. The minimum Gasteiger partial charge on any atom is -0.354 e. The fourth-order valence-electron chi connectivity index (χ4n) is 1.97. The van der Waals surface area contributed by atoms with Crippen LogP contribution in [0.25, 0.3) is 22.2 Å². The maximum absolute atomic E-state index is 12.0. The molecule has 2 nitrogen and oxygen atoms in total. The van der Waals surface area contributed by atoms with E-state index < -0.39 is 0 Å². The average Bonchev–Trinajstić information content (AvgIpc) is 2.40. The molecule has 18 heavy (non-hydrogen) atoms. The van der Waals surface area contributed by atoms with Gasteiger partial charge in [-0.3, -0.25) is 4.79 Å². The predicted octanol–water partition coefficient (Wildman–Crippen LogP) is 3.19. The second-order valence-corrected chi connectivity index (χ2v) is 3.96. The van der Waals surface area contributed by atoms with Gasteiger partial charge in [0, 0.05) is 42.1 Å². The van der Waals surface area contributed by atoms with E-state index in [0.717, 1.165) is 22.2 Å². The smallest absolute Gasteiger partial charge is 0.190 e. The van der Waals surface area contributed by atoms with E-state index in [9.17, 15) is 4.79 Å². The van der Waals surface area contributed by atoms with Crippen LogP contribution in [0.4, 0.5) is 0 Å². The SMILES string of the molecule is O=c1cc(-c2ccccc2)[nH]c2ccccc12.[Ru]. The zero-order chi connectivity index (χ0) is 11.7. The van der Waals surface area contributed by atoms with Crippen molar-refractivity contribution in [3.05, 3.63) is 70.9 Å². The molecule has 0 unspecified atom stereocenters. The number of pyridine rings is 1. The van der Waals surface area contributed by atoms with E-state index >= 15 is 0 Å². The number of aromatic nitrogens is 1. The van der Waals surface area contributed by atoms with Crippen LogP contribution < -0.4 is 5.43 Å². The van der Waals surface area contributed by atoms with Gasteiger partial charge in [0.05, 0.1) is 0 Å². The third-order valence-corrected chi connectivity index (χ3v) is 2.82. The van der Waals surface area contributed by atoms with E-state index in [-0.39, 0.29) is 24.9 Å². The first-order valence-electron chi connectivity index (χ1n) is 5.52. The van der Waals surface area contributed by atoms with Crippen molar-refractivity contribution in [2.45, 2.75) is 0 Å². The van der Waals surface area contributed by atoms with Gasteiger partial charge in [-0.05, 0) is 17.7 Å². The van der Waals surface area contributed by atoms with Gasteiger partial charge in [-0.2, -0.15) is 0 Å². The number of rotatable bonds is 1. The fraction of sp³-hybridized carbons (Fsp3) is 0. The Morgan fingerprint density at radius 1 is 0.833 bits per heavy atom. The first-order valence-corrected chi connectivity index (χ1v) is 5.52. The summed E-state index contributed by atoms with van der Waals surface area (Å²) in [6.45, 7) is 0. The Kier molecular flexibility index (Phi) is 3.73. The molecule has 2 aromatic carbocycles. The minimum atomic E-state index is 0. The van der Waals surface area contributed by atoms with Gasteiger partial charge in [0.2, 0.25) is 0 Å². The first-order chi connectivity index (χ1) is 8.34. The number of hydrogen-bond donors (Lipinski definition) is 1. The van der Waals surface area contributed by atoms with E-state index in [0.29, 0.717) is 0 Å². The normalized spacial score (nSPS) is 10.0. The molecule has 90 valence electrons. The Balaban J connectivity index is 0.00000120. The molecule has 1 N–H and O–H groups in total. The summed E-state index contributed by atoms with van der Waals surface area (Å²) in [6.07, 6.45) is 0. The summed E-state index contributed by atoms with van der Waals surface area (Å²) in [5.41, 5.74) is 2.81. The Hall–Kier alpha value is -1.73. The monoisotopic (exact) mass is 323 g/mol. The van der Waals surface area contributed by atoms with Gasteiger partial charge in [0.15, 0.2) is 5.43 Å². The van der Waals surface area contributed by atoms with Gasteiger partial charge in [0.25, 0.3) is 0 Å². The molecule has 3 heteroatoms. The molecule has 1 heterocycles. The van der Waals surface area contributed by atoms with E-state index in [4.69, 9.17) is 0 Å². The Morgan fingerprint density at radius 2 is 1.50 bits per heavy atom. The molecule has 0 bridgehead atoms. The molecule has 0 atom stereocenters. The fourth-order valence-corrected chi connectivity index (χ4v) is 1.97. The zero-order valence-corrected chi connectivity index (χ0v) is 11.3. The molecule has 0 saturated carbocycles. The molecule has 0 aliphatic rings. The van der Waals surface area contributed by atoms with Crippen LogP contribution in [0, 0.1) is 0 Å². The molecular formula is C15H11NORu. The second-order valence-electron chi connectivity index (χ2n) is 3.96. The summed E-state index contributed by atoms with van der Waals surface area (Å²) in [7, 11) is 0. The minimum absolute atomic E-state index is 0. The Morgan fingerprint density at radius 3 is 2.28 bits per heavy atom. The van der Waals surface area contributed by atoms with Gasteiger partial charge in [-0.15, -0.1) is 0 Å². The molecule has 0 saturated heterocycles. The number of aromatic amines is 1. The largest absolute Gasteiger partial charge is 0.354 e. The van der Waals surface area contributed by atoms with Crippen LogP contribution >= 0.6 is 0 Å². The summed E-state index contributed by atoms with van der Waals surface area (Å²) in [6, 6.07) is 19.1. The number of H-pyrrole nitrogens is 1. The van der Waals surface area contributed by atoms with E-state index in [1.807, 2.05) is 54.6 Å². The summed E-state index contributed by atoms with van der Waals surface area (Å²) >= 11 is 0. The van der Waals surface area contributed by atoms with Crippen molar-refractivity contribution in [1.29, 1.82) is 0 Å². The predicted molar refractivity (Wildman–Crippen MR) is 70.0 cm³/mol. The summed E-state index contributed by atoms with van der Waals surface area (Å²) in [5.74, 6) is 0. The van der Waals surface area contributed by atoms with Crippen LogP contribution in [-0.2, 0) is 19.5 Å². The molecular weight excluding hydrogens is 311 g/mol. The van der Waals surface area contributed by atoms with Crippen LogP contribution in [0.2, 0.25) is 0 Å². The van der Waals surface area contributed by atoms with Crippen molar-refractivity contribution in [3.63, 3.8) is 0 Å². The Bertz CT molecular complexity index is 719. The molecule has 0 aliphatic heterocycles. The zero-order valence-electron chi connectivity index (χ0n) is 9.54. The molecule has 0 amide bonds. The molecule has 0 radical (unpaired) electrons. The summed E-state index contributed by atoms with van der Waals surface area (Å²) in [4.78, 5) is 15.2. The van der Waals surface area contributed by atoms with Crippen LogP contribution in [0.15, 0.2) is 65.5 Å². The maximum Gasteiger partial charge on any atom is 0.190 e. The quantitative estimate of drug-likeness (QED) is 0.686. The molecule has 3 rings (SSSR count). The van der Waals surface area contributed by atoms with Gasteiger partial charge in [-0.1, -0.05) is 42.5 Å². The summed E-state index contributed by atoms with van der Waals surface area (Å²) in [5, 5.41) is 0.729. The Labute approximate surface area is 117 Å². The third kappa shape index (κ3) is 2.27. The number of fused-ring (bicyclic) bond motifs is 1. The van der Waals surface area contributed by atoms with Crippen molar-refractivity contribution in [2.75, 3.05) is 0 Å². The van der Waals surface area contributed by atoms with Crippen molar-refractivity contribution >= 4 is 10.9 Å². The maximum atomic E-state index is 12.0. The van der Waals surface area contributed by atoms with Gasteiger partial charge >= 0.3 is 0 Å².